The first-order valence-electron chi connectivity index (χ1n) is 5.37. The molecule has 0 radical (unpaired) electrons. The molecule has 1 aromatic rings. The van der Waals surface area contributed by atoms with Crippen molar-refractivity contribution in [1.29, 1.82) is 0 Å². The predicted molar refractivity (Wildman–Crippen MR) is 67.0 cm³/mol. The van der Waals surface area contributed by atoms with Crippen LogP contribution in [-0.4, -0.2) is 13.2 Å². The van der Waals surface area contributed by atoms with Gasteiger partial charge in [-0.15, -0.1) is 0 Å². The van der Waals surface area contributed by atoms with Crippen LogP contribution in [0.15, 0.2) is 16.6 Å². The fraction of sp³-hybridized carbons (Fsp3) is 0.500. The van der Waals surface area contributed by atoms with E-state index in [0.29, 0.717) is 13.2 Å². The average molecular weight is 286 g/mol. The van der Waals surface area contributed by atoms with Crippen molar-refractivity contribution in [3.8, 4) is 11.5 Å². The fourth-order valence-electron chi connectivity index (χ4n) is 1.81. The zero-order valence-corrected chi connectivity index (χ0v) is 11.1. The van der Waals surface area contributed by atoms with Gasteiger partial charge in [0.15, 0.2) is 11.5 Å². The smallest absolute Gasteiger partial charge is 0.167 e. The summed E-state index contributed by atoms with van der Waals surface area (Å²) < 4.78 is 12.4. The minimum atomic E-state index is -0.460. The van der Waals surface area contributed by atoms with Crippen molar-refractivity contribution in [1.82, 2.24) is 0 Å². The second-order valence-corrected chi connectivity index (χ2v) is 5.38. The van der Waals surface area contributed by atoms with E-state index in [-0.39, 0.29) is 0 Å². The van der Waals surface area contributed by atoms with Gasteiger partial charge in [0.25, 0.3) is 0 Å². The van der Waals surface area contributed by atoms with Gasteiger partial charge in [0.1, 0.15) is 0 Å². The van der Waals surface area contributed by atoms with Gasteiger partial charge in [-0.05, 0) is 26.0 Å². The number of hydrogen-bond acceptors (Lipinski definition) is 3. The fourth-order valence-corrected chi connectivity index (χ4v) is 2.64. The normalized spacial score (nSPS) is 15.8. The molecule has 0 fully saturated rings. The Balaban J connectivity index is 2.58. The summed E-state index contributed by atoms with van der Waals surface area (Å²) in [5, 5.41) is 0. The standard InChI is InChI=1S/C12H16BrNO2/c1-12(2,14)10-8(13)4-5-9-11(10)16-7-3-6-15-9/h4-5H,3,6-7,14H2,1-2H3. The summed E-state index contributed by atoms with van der Waals surface area (Å²) >= 11 is 3.52. The molecule has 1 aliphatic heterocycles. The van der Waals surface area contributed by atoms with Crippen LogP contribution in [0.1, 0.15) is 25.8 Å². The Labute approximate surface area is 104 Å². The molecule has 1 heterocycles. The second kappa shape index (κ2) is 4.26. The number of halogens is 1. The van der Waals surface area contributed by atoms with E-state index in [0.717, 1.165) is 28.0 Å². The first kappa shape index (κ1) is 11.7. The van der Waals surface area contributed by atoms with Crippen molar-refractivity contribution in [3.05, 3.63) is 22.2 Å². The van der Waals surface area contributed by atoms with Gasteiger partial charge in [0, 0.05) is 22.0 Å². The molecule has 88 valence electrons. The maximum absolute atomic E-state index is 6.17. The Morgan fingerprint density at radius 3 is 2.62 bits per heavy atom. The van der Waals surface area contributed by atoms with Crippen LogP contribution in [0.3, 0.4) is 0 Å². The number of fused-ring (bicyclic) bond motifs is 1. The average Bonchev–Trinajstić information content (AvgIpc) is 2.40. The van der Waals surface area contributed by atoms with Gasteiger partial charge < -0.3 is 15.2 Å². The van der Waals surface area contributed by atoms with E-state index in [4.69, 9.17) is 15.2 Å². The molecule has 1 aliphatic rings. The van der Waals surface area contributed by atoms with Crippen LogP contribution in [0.5, 0.6) is 11.5 Å². The van der Waals surface area contributed by atoms with E-state index in [9.17, 15) is 0 Å². The van der Waals surface area contributed by atoms with E-state index < -0.39 is 5.54 Å². The number of ether oxygens (including phenoxy) is 2. The Hall–Kier alpha value is -0.740. The van der Waals surface area contributed by atoms with Crippen molar-refractivity contribution in [2.45, 2.75) is 25.8 Å². The highest BCUT2D eigenvalue weighted by molar-refractivity contribution is 9.10. The van der Waals surface area contributed by atoms with Gasteiger partial charge in [0.2, 0.25) is 0 Å². The molecular formula is C12H16BrNO2. The molecular weight excluding hydrogens is 270 g/mol. The summed E-state index contributed by atoms with van der Waals surface area (Å²) in [4.78, 5) is 0. The molecule has 0 saturated carbocycles. The third-order valence-corrected chi connectivity index (χ3v) is 3.17. The largest absolute Gasteiger partial charge is 0.490 e. The summed E-state index contributed by atoms with van der Waals surface area (Å²) in [6, 6.07) is 3.87. The van der Waals surface area contributed by atoms with Crippen molar-refractivity contribution in [2.24, 2.45) is 5.73 Å². The quantitative estimate of drug-likeness (QED) is 0.863. The second-order valence-electron chi connectivity index (χ2n) is 4.52. The monoisotopic (exact) mass is 285 g/mol. The lowest BCUT2D eigenvalue weighted by atomic mass is 9.94. The molecule has 2 N–H and O–H groups in total. The van der Waals surface area contributed by atoms with Crippen LogP contribution in [0.25, 0.3) is 0 Å². The van der Waals surface area contributed by atoms with Crippen molar-refractivity contribution in [2.75, 3.05) is 13.2 Å². The van der Waals surface area contributed by atoms with E-state index in [1.54, 1.807) is 0 Å². The molecule has 1 aromatic carbocycles. The molecule has 2 rings (SSSR count). The topological polar surface area (TPSA) is 44.5 Å². The van der Waals surface area contributed by atoms with E-state index in [1.807, 2.05) is 26.0 Å². The SMILES string of the molecule is CC(C)(N)c1c(Br)ccc2c1OCCCO2. The van der Waals surface area contributed by atoms with E-state index in [1.165, 1.54) is 0 Å². The highest BCUT2D eigenvalue weighted by Crippen LogP contribution is 2.42. The highest BCUT2D eigenvalue weighted by Gasteiger charge is 2.26. The summed E-state index contributed by atoms with van der Waals surface area (Å²) in [5.74, 6) is 1.56. The van der Waals surface area contributed by atoms with Crippen LogP contribution in [-0.2, 0) is 5.54 Å². The number of nitrogens with two attached hydrogens (primary N) is 1. The van der Waals surface area contributed by atoms with E-state index in [2.05, 4.69) is 15.9 Å². The molecule has 0 aliphatic carbocycles. The number of hydrogen-bond donors (Lipinski definition) is 1. The molecule has 0 atom stereocenters. The maximum atomic E-state index is 6.17. The lowest BCUT2D eigenvalue weighted by molar-refractivity contribution is 0.294. The molecule has 0 saturated heterocycles. The molecule has 16 heavy (non-hydrogen) atoms. The molecule has 4 heteroatoms. The van der Waals surface area contributed by atoms with Gasteiger partial charge in [-0.2, -0.15) is 0 Å². The molecule has 0 spiro atoms. The third-order valence-electron chi connectivity index (χ3n) is 2.51. The zero-order chi connectivity index (χ0) is 11.8. The lowest BCUT2D eigenvalue weighted by Gasteiger charge is -2.24. The summed E-state index contributed by atoms with van der Waals surface area (Å²) in [6.07, 6.45) is 0.900. The van der Waals surface area contributed by atoms with Gasteiger partial charge in [-0.3, -0.25) is 0 Å². The molecule has 0 unspecified atom stereocenters. The first-order valence-corrected chi connectivity index (χ1v) is 6.17. The zero-order valence-electron chi connectivity index (χ0n) is 9.55. The summed E-state index contributed by atoms with van der Waals surface area (Å²) in [6.45, 7) is 5.29. The lowest BCUT2D eigenvalue weighted by Crippen LogP contribution is -2.30. The summed E-state index contributed by atoms with van der Waals surface area (Å²) in [5.41, 5.74) is 6.67. The summed E-state index contributed by atoms with van der Waals surface area (Å²) in [7, 11) is 0. The molecule has 0 bridgehead atoms. The van der Waals surface area contributed by atoms with Gasteiger partial charge >= 0.3 is 0 Å². The van der Waals surface area contributed by atoms with Crippen LogP contribution < -0.4 is 15.2 Å². The number of rotatable bonds is 1. The minimum Gasteiger partial charge on any atom is -0.490 e. The molecule has 0 aromatic heterocycles. The Bertz CT molecular complexity index is 399. The minimum absolute atomic E-state index is 0.460. The Kier molecular flexibility index (Phi) is 3.13. The van der Waals surface area contributed by atoms with Gasteiger partial charge in [-0.1, -0.05) is 15.9 Å². The van der Waals surface area contributed by atoms with Crippen LogP contribution in [0.2, 0.25) is 0 Å². The Morgan fingerprint density at radius 2 is 1.94 bits per heavy atom. The van der Waals surface area contributed by atoms with Crippen molar-refractivity contribution in [3.63, 3.8) is 0 Å². The van der Waals surface area contributed by atoms with E-state index >= 15 is 0 Å². The van der Waals surface area contributed by atoms with Crippen LogP contribution in [0.4, 0.5) is 0 Å². The molecule has 0 amide bonds. The van der Waals surface area contributed by atoms with Gasteiger partial charge in [0.05, 0.1) is 13.2 Å². The van der Waals surface area contributed by atoms with Crippen LogP contribution >= 0.6 is 15.9 Å². The van der Waals surface area contributed by atoms with Gasteiger partial charge in [-0.25, -0.2) is 0 Å². The van der Waals surface area contributed by atoms with Crippen molar-refractivity contribution < 1.29 is 9.47 Å². The maximum Gasteiger partial charge on any atom is 0.167 e. The van der Waals surface area contributed by atoms with Crippen molar-refractivity contribution >= 4 is 15.9 Å². The first-order chi connectivity index (χ1) is 7.50. The number of benzene rings is 1. The highest BCUT2D eigenvalue weighted by atomic mass is 79.9. The Morgan fingerprint density at radius 1 is 1.25 bits per heavy atom. The third kappa shape index (κ3) is 2.18. The van der Waals surface area contributed by atoms with Crippen LogP contribution in [0, 0.1) is 0 Å². The molecule has 3 nitrogen and oxygen atoms in total. The predicted octanol–water partition coefficient (Wildman–Crippen LogP) is 2.80.